The summed E-state index contributed by atoms with van der Waals surface area (Å²) in [5, 5.41) is 0. The second-order valence-corrected chi connectivity index (χ2v) is 3.41. The Hall–Kier alpha value is 2.25. The van der Waals surface area contributed by atoms with E-state index in [2.05, 4.69) is 31.6 Å². The molecule has 4 heteroatoms. The molecule has 2 unspecified atom stereocenters. The van der Waals surface area contributed by atoms with Crippen LogP contribution in [0.15, 0.2) is 23.8 Å². The molecule has 14 heavy (non-hydrogen) atoms. The van der Waals surface area contributed by atoms with Crippen LogP contribution in [0.25, 0.3) is 0 Å². The minimum atomic E-state index is 0. The summed E-state index contributed by atoms with van der Waals surface area (Å²) < 4.78 is 0. The van der Waals surface area contributed by atoms with Crippen molar-refractivity contribution in [2.75, 3.05) is 0 Å². The van der Waals surface area contributed by atoms with Crippen molar-refractivity contribution in [1.29, 1.82) is 0 Å². The summed E-state index contributed by atoms with van der Waals surface area (Å²) in [4.78, 5) is 0. The Morgan fingerprint density at radius 2 is 1.93 bits per heavy atom. The molecule has 1 saturated carbocycles. The van der Waals surface area contributed by atoms with Gasteiger partial charge in [0.25, 0.3) is 0 Å². The monoisotopic (exact) mass is 562 g/mol. The second-order valence-electron chi connectivity index (χ2n) is 3.41. The van der Waals surface area contributed by atoms with E-state index in [0.717, 1.165) is 11.8 Å². The van der Waals surface area contributed by atoms with E-state index in [-0.39, 0.29) is 93.6 Å². The molecule has 2 rings (SSSR count). The average Bonchev–Trinajstić information content (AvgIpc) is 2.27. The van der Waals surface area contributed by atoms with Crippen LogP contribution in [0.1, 0.15) is 19.8 Å². The van der Waals surface area contributed by atoms with Crippen LogP contribution in [0.4, 0.5) is 0 Å². The Labute approximate surface area is 153 Å². The summed E-state index contributed by atoms with van der Waals surface area (Å²) in [5.41, 5.74) is 1.58. The van der Waals surface area contributed by atoms with Crippen LogP contribution in [-0.4, -0.2) is 0 Å². The first-order valence-electron chi connectivity index (χ1n) is 4.08. The topological polar surface area (TPSA) is 0 Å². The van der Waals surface area contributed by atoms with Gasteiger partial charge in [-0.3, -0.25) is 0 Å². The Balaban J connectivity index is -0.000000302. The molecule has 0 heterocycles. The molecule has 0 bridgehead atoms. The summed E-state index contributed by atoms with van der Waals surface area (Å²) in [7, 11) is 0. The van der Waals surface area contributed by atoms with Crippen LogP contribution in [-0.2, 0) is 21.7 Å². The third-order valence-electron chi connectivity index (χ3n) is 2.45. The van der Waals surface area contributed by atoms with Crippen molar-refractivity contribution in [3.05, 3.63) is 30.2 Å². The average molecular weight is 562 g/mol. The van der Waals surface area contributed by atoms with Crippen molar-refractivity contribution in [2.24, 2.45) is 11.8 Å². The van der Waals surface area contributed by atoms with Crippen molar-refractivity contribution in [3.63, 3.8) is 0 Å². The fourth-order valence-corrected chi connectivity index (χ4v) is 1.96. The van der Waals surface area contributed by atoms with Crippen molar-refractivity contribution in [3.8, 4) is 0 Å². The van der Waals surface area contributed by atoms with E-state index in [1.807, 2.05) is 0 Å². The largest absolute Gasteiger partial charge is 4.00 e. The van der Waals surface area contributed by atoms with Gasteiger partial charge in [-0.25, -0.2) is 18.1 Å². The van der Waals surface area contributed by atoms with Crippen molar-refractivity contribution < 1.29 is 93.6 Å². The summed E-state index contributed by atoms with van der Waals surface area (Å²) in [6, 6.07) is 0. The fourth-order valence-electron chi connectivity index (χ4n) is 1.96. The van der Waals surface area contributed by atoms with Gasteiger partial charge in [0.05, 0.1) is 0 Å². The molecule has 2 aliphatic rings. The van der Waals surface area contributed by atoms with Gasteiger partial charge in [0, 0.05) is 0 Å². The van der Waals surface area contributed by atoms with Gasteiger partial charge >= 0.3 is 21.7 Å². The molecule has 0 aromatic heterocycles. The minimum absolute atomic E-state index is 0. The van der Waals surface area contributed by atoms with Gasteiger partial charge in [-0.1, -0.05) is 19.3 Å². The molecule has 0 spiro atoms. The fraction of sp³-hybridized carbons (Fsp3) is 0.500. The molecule has 78 valence electrons. The third-order valence-corrected chi connectivity index (χ3v) is 2.45. The van der Waals surface area contributed by atoms with E-state index in [0.29, 0.717) is 0 Å². The summed E-state index contributed by atoms with van der Waals surface area (Å²) in [6.07, 6.45) is 11.8. The maximum Gasteiger partial charge on any atom is 4.00 e. The van der Waals surface area contributed by atoms with E-state index in [1.54, 1.807) is 5.57 Å². The van der Waals surface area contributed by atoms with Crippen molar-refractivity contribution in [1.82, 2.24) is 0 Å². The summed E-state index contributed by atoms with van der Waals surface area (Å²) in [5.74, 6) is 1.68. The zero-order valence-corrected chi connectivity index (χ0v) is 16.0. The number of rotatable bonds is 0. The van der Waals surface area contributed by atoms with Gasteiger partial charge in [-0.05, 0) is 12.3 Å². The van der Waals surface area contributed by atoms with Crippen molar-refractivity contribution >= 4 is 0 Å². The maximum atomic E-state index is 2.41. The van der Waals surface area contributed by atoms with Crippen molar-refractivity contribution in [2.45, 2.75) is 19.8 Å². The Bertz CT molecular complexity index is 202. The Morgan fingerprint density at radius 3 is 2.50 bits per heavy atom. The van der Waals surface area contributed by atoms with E-state index in [9.17, 15) is 0 Å². The van der Waals surface area contributed by atoms with Gasteiger partial charge in [-0.2, -0.15) is 0 Å². The van der Waals surface area contributed by atoms with Crippen LogP contribution < -0.4 is 71.9 Å². The summed E-state index contributed by atoms with van der Waals surface area (Å²) >= 11 is 0. The maximum absolute atomic E-state index is 2.41. The first-order chi connectivity index (χ1) is 4.86. The van der Waals surface area contributed by atoms with E-state index in [4.69, 9.17) is 0 Å². The number of hydrogen-bond donors (Lipinski definition) is 0. The molecule has 0 N–H and O–H groups in total. The minimum Gasteiger partial charge on any atom is -1.00 e. The quantitative estimate of drug-likeness (QED) is 0.157. The zero-order chi connectivity index (χ0) is 6.97. The third kappa shape index (κ3) is 5.54. The van der Waals surface area contributed by atoms with Crippen LogP contribution in [0.3, 0.4) is 0 Å². The van der Waals surface area contributed by atoms with Crippen LogP contribution in [0.2, 0.25) is 0 Å². The van der Waals surface area contributed by atoms with Gasteiger partial charge < -0.3 is 71.9 Å². The first-order valence-corrected chi connectivity index (χ1v) is 4.08. The van der Waals surface area contributed by atoms with Gasteiger partial charge in [0.15, 0.2) is 0 Å². The molecular weight excluding hydrogens is 549 g/mol. The number of fused-ring (bicyclic) bond motifs is 1. The molecule has 2 atom stereocenters. The number of allylic oxidation sites excluding steroid dienone is 4. The summed E-state index contributed by atoms with van der Waals surface area (Å²) in [6.45, 7) is 2.30. The van der Waals surface area contributed by atoms with Crippen LogP contribution in [0.5, 0.6) is 0 Å². The number of halogens is 3. The van der Waals surface area contributed by atoms with Crippen LogP contribution >= 0.6 is 0 Å². The molecule has 0 aromatic rings. The molecule has 0 nitrogen and oxygen atoms in total. The molecule has 0 aliphatic heterocycles. The molecule has 0 amide bonds. The first kappa shape index (κ1) is 21.5. The van der Waals surface area contributed by atoms with Gasteiger partial charge in [0.2, 0.25) is 0 Å². The number of hydrogen-bond acceptors (Lipinski definition) is 0. The molecule has 0 aromatic carbocycles. The molecule has 0 saturated heterocycles. The molecular formula is C10H13I3Ti. The standard InChI is InChI=1S/C10H13.3HI.Ti/c1-8-6-9-4-2-3-5-10(9)7-8;;;;/h2-4,6,8,10H,5,7H2,1H3;3*1H;/q-1;;;;+4/p-3. The van der Waals surface area contributed by atoms with E-state index in [1.165, 1.54) is 12.8 Å². The smallest absolute Gasteiger partial charge is 1.00 e. The van der Waals surface area contributed by atoms with E-state index >= 15 is 0 Å². The molecule has 1 fully saturated rings. The zero-order valence-electron chi connectivity index (χ0n) is 8.01. The SMILES string of the molecule is CC1[CH-]C2=CC=CCC2C1.[I-].[I-].[I-].[Ti+4]. The Morgan fingerprint density at radius 1 is 1.29 bits per heavy atom. The predicted molar refractivity (Wildman–Crippen MR) is 43.4 cm³/mol. The van der Waals surface area contributed by atoms with E-state index < -0.39 is 0 Å². The molecule has 2 aliphatic carbocycles. The van der Waals surface area contributed by atoms with Gasteiger partial charge in [0.1, 0.15) is 0 Å². The Kier molecular flexibility index (Phi) is 16.0. The van der Waals surface area contributed by atoms with Gasteiger partial charge in [-0.15, -0.1) is 12.2 Å². The normalized spacial score (nSPS) is 26.2. The second kappa shape index (κ2) is 10.4. The van der Waals surface area contributed by atoms with Crippen LogP contribution in [0, 0.1) is 18.3 Å². The molecule has 0 radical (unpaired) electrons. The predicted octanol–water partition coefficient (Wildman–Crippen LogP) is -6.26.